The first-order valence-electron chi connectivity index (χ1n) is 12.0. The Morgan fingerprint density at radius 2 is 1.73 bits per heavy atom. The predicted molar refractivity (Wildman–Crippen MR) is 139 cm³/mol. The molecule has 1 aromatic heterocycles. The van der Waals surface area contributed by atoms with Gasteiger partial charge in [-0.2, -0.15) is 0 Å². The van der Waals surface area contributed by atoms with Crippen molar-refractivity contribution in [3.8, 4) is 5.75 Å². The van der Waals surface area contributed by atoms with Crippen molar-refractivity contribution in [3.05, 3.63) is 46.3 Å². The van der Waals surface area contributed by atoms with Crippen LogP contribution in [0.3, 0.4) is 0 Å². The lowest BCUT2D eigenvalue weighted by Crippen LogP contribution is -2.50. The lowest BCUT2D eigenvalue weighted by molar-refractivity contribution is -0.142. The Balaban J connectivity index is 1.99. The first kappa shape index (κ1) is 29.3. The molecule has 4 N–H and O–H groups in total. The lowest BCUT2D eigenvalue weighted by atomic mass is 10.1. The molecule has 0 aliphatic heterocycles. The van der Waals surface area contributed by atoms with Crippen LogP contribution in [0.4, 0.5) is 10.7 Å². The number of rotatable bonds is 10. The number of amides is 2. The van der Waals surface area contributed by atoms with Crippen molar-refractivity contribution < 1.29 is 29.0 Å². The van der Waals surface area contributed by atoms with Gasteiger partial charge in [0, 0.05) is 6.54 Å². The Morgan fingerprint density at radius 1 is 1.08 bits per heavy atom. The summed E-state index contributed by atoms with van der Waals surface area (Å²) in [5.41, 5.74) is 2.25. The van der Waals surface area contributed by atoms with Gasteiger partial charge in [-0.15, -0.1) is 0 Å². The molecule has 1 aromatic carbocycles. The molecule has 0 saturated carbocycles. The number of aromatic nitrogens is 2. The van der Waals surface area contributed by atoms with Gasteiger partial charge in [0.25, 0.3) is 5.91 Å². The van der Waals surface area contributed by atoms with Crippen molar-refractivity contribution >= 4 is 23.9 Å². The fourth-order valence-electron chi connectivity index (χ4n) is 3.49. The Labute approximate surface area is 217 Å². The molecule has 37 heavy (non-hydrogen) atoms. The van der Waals surface area contributed by atoms with Gasteiger partial charge < -0.3 is 30.5 Å². The highest BCUT2D eigenvalue weighted by molar-refractivity contribution is 5.98. The van der Waals surface area contributed by atoms with E-state index in [1.165, 1.54) is 7.11 Å². The molecule has 2 rings (SSSR count). The second-order valence-corrected chi connectivity index (χ2v) is 9.68. The summed E-state index contributed by atoms with van der Waals surface area (Å²) in [7, 11) is 1.19. The maximum Gasteiger partial charge on any atom is 0.407 e. The molecule has 1 heterocycles. The number of hydrogen-bond donors (Lipinski definition) is 4. The van der Waals surface area contributed by atoms with Gasteiger partial charge in [-0.3, -0.25) is 4.79 Å². The molecule has 0 saturated heterocycles. The number of esters is 1. The van der Waals surface area contributed by atoms with Crippen molar-refractivity contribution in [3.63, 3.8) is 0 Å². The van der Waals surface area contributed by atoms with Gasteiger partial charge in [-0.25, -0.2) is 19.6 Å². The van der Waals surface area contributed by atoms with E-state index >= 15 is 0 Å². The Morgan fingerprint density at radius 3 is 2.30 bits per heavy atom. The molecular formula is C26H37N5O6. The molecule has 0 aliphatic carbocycles. The summed E-state index contributed by atoms with van der Waals surface area (Å²) >= 11 is 0. The summed E-state index contributed by atoms with van der Waals surface area (Å²) in [6.45, 7) is 10.7. The van der Waals surface area contributed by atoms with E-state index in [1.54, 1.807) is 40.7 Å². The molecule has 0 spiro atoms. The third-order valence-electron chi connectivity index (χ3n) is 5.34. The number of alkyl carbamates (subject to hydrolysis) is 1. The Hall–Kier alpha value is -3.89. The van der Waals surface area contributed by atoms with Crippen molar-refractivity contribution in [1.82, 2.24) is 20.6 Å². The van der Waals surface area contributed by atoms with E-state index in [9.17, 15) is 19.5 Å². The maximum atomic E-state index is 13.0. The van der Waals surface area contributed by atoms with Gasteiger partial charge in [0.05, 0.1) is 30.6 Å². The molecule has 11 heteroatoms. The standard InChI is InChI=1S/C26H37N5O6/c1-15-10-11-18(13-20(15)32)9-8-12-27-24-29-16(2)21(17(3)30-24)22(33)31-19(23(34)36-7)14-28-25(35)37-26(4,5)6/h10-11,13,19,32H,8-9,12,14H2,1-7H3,(H,28,35)(H,31,33)(H,27,29,30). The molecule has 2 aromatic rings. The number of methoxy groups -OCH3 is 1. The van der Waals surface area contributed by atoms with E-state index < -0.39 is 29.6 Å². The molecule has 202 valence electrons. The minimum absolute atomic E-state index is 0.218. The fourth-order valence-corrected chi connectivity index (χ4v) is 3.49. The number of phenolic OH excluding ortho intramolecular Hbond substituents is 1. The first-order valence-corrected chi connectivity index (χ1v) is 12.0. The van der Waals surface area contributed by atoms with E-state index in [0.717, 1.165) is 24.0 Å². The van der Waals surface area contributed by atoms with Gasteiger partial charge in [-0.1, -0.05) is 12.1 Å². The number of benzene rings is 1. The molecule has 0 aliphatic rings. The fraction of sp³-hybridized carbons (Fsp3) is 0.500. The maximum absolute atomic E-state index is 13.0. The number of anilines is 1. The van der Waals surface area contributed by atoms with Crippen LogP contribution in [0.2, 0.25) is 0 Å². The van der Waals surface area contributed by atoms with Crippen LogP contribution in [-0.2, 0) is 20.7 Å². The summed E-state index contributed by atoms with van der Waals surface area (Å²) < 4.78 is 9.93. The van der Waals surface area contributed by atoms with Crippen LogP contribution in [-0.4, -0.2) is 64.9 Å². The smallest absolute Gasteiger partial charge is 0.407 e. The highest BCUT2D eigenvalue weighted by Crippen LogP contribution is 2.18. The quantitative estimate of drug-likeness (QED) is 0.276. The van der Waals surface area contributed by atoms with E-state index in [2.05, 4.69) is 25.9 Å². The largest absolute Gasteiger partial charge is 0.508 e. The summed E-state index contributed by atoms with van der Waals surface area (Å²) in [5, 5.41) is 18.0. The number of carbonyl (C=O) groups is 3. The first-order chi connectivity index (χ1) is 17.3. The summed E-state index contributed by atoms with van der Waals surface area (Å²) in [6.07, 6.45) is 0.837. The molecular weight excluding hydrogens is 478 g/mol. The second kappa shape index (κ2) is 12.9. The van der Waals surface area contributed by atoms with Crippen LogP contribution in [0.15, 0.2) is 18.2 Å². The predicted octanol–water partition coefficient (Wildman–Crippen LogP) is 2.95. The minimum Gasteiger partial charge on any atom is -0.508 e. The Kier molecular flexibility index (Phi) is 10.2. The number of carbonyl (C=O) groups excluding carboxylic acids is 3. The van der Waals surface area contributed by atoms with Crippen molar-refractivity contribution in [2.24, 2.45) is 0 Å². The molecule has 1 atom stereocenters. The third-order valence-corrected chi connectivity index (χ3v) is 5.34. The Bertz CT molecular complexity index is 1110. The van der Waals surface area contributed by atoms with Gasteiger partial charge in [-0.05, 0) is 71.6 Å². The molecule has 0 radical (unpaired) electrons. The summed E-state index contributed by atoms with van der Waals surface area (Å²) in [6, 6.07) is 4.49. The molecule has 0 fully saturated rings. The van der Waals surface area contributed by atoms with Crippen molar-refractivity contribution in [2.75, 3.05) is 25.5 Å². The van der Waals surface area contributed by atoms with Crippen LogP contribution >= 0.6 is 0 Å². The molecule has 2 amide bonds. The van der Waals surface area contributed by atoms with Crippen molar-refractivity contribution in [1.29, 1.82) is 0 Å². The zero-order valence-corrected chi connectivity index (χ0v) is 22.5. The summed E-state index contributed by atoms with van der Waals surface area (Å²) in [5.74, 6) is -0.624. The SMILES string of the molecule is COC(=O)C(CNC(=O)OC(C)(C)C)NC(=O)c1c(C)nc(NCCCc2ccc(C)c(O)c2)nc1C. The van der Waals surface area contributed by atoms with Crippen molar-refractivity contribution in [2.45, 2.75) is 66.0 Å². The monoisotopic (exact) mass is 515 g/mol. The summed E-state index contributed by atoms with van der Waals surface area (Å²) in [4.78, 5) is 45.9. The molecule has 1 unspecified atom stereocenters. The van der Waals surface area contributed by atoms with E-state index in [-0.39, 0.29) is 17.9 Å². The van der Waals surface area contributed by atoms with Gasteiger partial charge in [0.2, 0.25) is 5.95 Å². The topological polar surface area (TPSA) is 152 Å². The normalized spacial score (nSPS) is 11.9. The van der Waals surface area contributed by atoms with Crippen LogP contribution in [0.1, 0.15) is 60.1 Å². The van der Waals surface area contributed by atoms with Crippen LogP contribution in [0, 0.1) is 20.8 Å². The number of phenols is 1. The molecule has 11 nitrogen and oxygen atoms in total. The average Bonchev–Trinajstić information content (AvgIpc) is 2.79. The highest BCUT2D eigenvalue weighted by atomic mass is 16.6. The number of aryl methyl sites for hydroxylation is 4. The number of hydrogen-bond acceptors (Lipinski definition) is 9. The van der Waals surface area contributed by atoms with E-state index in [4.69, 9.17) is 9.47 Å². The van der Waals surface area contributed by atoms with E-state index in [1.807, 2.05) is 19.1 Å². The highest BCUT2D eigenvalue weighted by Gasteiger charge is 2.26. The zero-order chi connectivity index (χ0) is 27.8. The van der Waals surface area contributed by atoms with E-state index in [0.29, 0.717) is 23.9 Å². The zero-order valence-electron chi connectivity index (χ0n) is 22.5. The number of nitrogens with one attached hydrogen (secondary N) is 3. The molecule has 0 bridgehead atoms. The van der Waals surface area contributed by atoms with Gasteiger partial charge in [0.15, 0.2) is 0 Å². The number of aromatic hydroxyl groups is 1. The van der Waals surface area contributed by atoms with Crippen LogP contribution < -0.4 is 16.0 Å². The van der Waals surface area contributed by atoms with Gasteiger partial charge in [0.1, 0.15) is 17.4 Å². The lowest BCUT2D eigenvalue weighted by Gasteiger charge is -2.22. The minimum atomic E-state index is -1.14. The number of ether oxygens (including phenoxy) is 2. The number of nitrogens with zero attached hydrogens (tertiary/aromatic N) is 2. The van der Waals surface area contributed by atoms with Crippen LogP contribution in [0.5, 0.6) is 5.75 Å². The third kappa shape index (κ3) is 9.25. The van der Waals surface area contributed by atoms with Gasteiger partial charge >= 0.3 is 12.1 Å². The average molecular weight is 516 g/mol. The second-order valence-electron chi connectivity index (χ2n) is 9.68. The van der Waals surface area contributed by atoms with Crippen LogP contribution in [0.25, 0.3) is 0 Å².